The highest BCUT2D eigenvalue weighted by Crippen LogP contribution is 2.36. The van der Waals surface area contributed by atoms with Crippen LogP contribution in [0.4, 0.5) is 0 Å². The molecule has 1 amide bonds. The monoisotopic (exact) mass is 318 g/mol. The number of thiophene rings is 1. The normalized spacial score (nSPS) is 11.6. The Hall–Kier alpha value is -2.25. The Morgan fingerprint density at radius 3 is 2.52 bits per heavy atom. The minimum Gasteiger partial charge on any atom is -0.365 e. The van der Waals surface area contributed by atoms with Crippen molar-refractivity contribution in [1.29, 1.82) is 0 Å². The molecule has 3 rings (SSSR count). The van der Waals surface area contributed by atoms with Gasteiger partial charge in [-0.3, -0.25) is 9.78 Å². The largest absolute Gasteiger partial charge is 0.365 e. The van der Waals surface area contributed by atoms with Crippen LogP contribution >= 0.6 is 11.3 Å². The maximum atomic E-state index is 12.8. The van der Waals surface area contributed by atoms with Gasteiger partial charge in [-0.15, -0.1) is 11.3 Å². The average Bonchev–Trinajstić information content (AvgIpc) is 2.88. The van der Waals surface area contributed by atoms with Crippen molar-refractivity contribution < 1.29 is 13.2 Å². The third kappa shape index (κ3) is 2.20. The summed E-state index contributed by atoms with van der Waals surface area (Å²) in [6.07, 6.45) is 3.01. The second kappa shape index (κ2) is 4.94. The first-order valence-electron chi connectivity index (χ1n) is 5.98. The zero-order valence-corrected chi connectivity index (χ0v) is 12.3. The predicted octanol–water partition coefficient (Wildman–Crippen LogP) is 2.23. The van der Waals surface area contributed by atoms with E-state index in [0.717, 1.165) is 11.3 Å². The molecule has 0 radical (unpaired) electrons. The first kappa shape index (κ1) is 13.7. The number of sulfone groups is 1. The number of benzene rings is 1. The molecule has 0 aliphatic carbocycles. The molecule has 0 atom stereocenters. The molecule has 0 unspecified atom stereocenters. The number of nitrogens with zero attached hydrogens (tertiary/aromatic N) is 1. The van der Waals surface area contributed by atoms with E-state index in [-0.39, 0.29) is 14.7 Å². The van der Waals surface area contributed by atoms with Crippen LogP contribution in [0.25, 0.3) is 10.1 Å². The van der Waals surface area contributed by atoms with Crippen molar-refractivity contribution in [1.82, 2.24) is 4.98 Å². The fraction of sp³-hybridized carbons (Fsp3) is 0. The van der Waals surface area contributed by atoms with Gasteiger partial charge in [0.2, 0.25) is 9.84 Å². The van der Waals surface area contributed by atoms with Gasteiger partial charge in [-0.25, -0.2) is 8.42 Å². The second-order valence-corrected chi connectivity index (χ2v) is 7.25. The van der Waals surface area contributed by atoms with E-state index in [1.807, 2.05) is 0 Å². The lowest BCUT2D eigenvalue weighted by molar-refractivity contribution is 0.100. The van der Waals surface area contributed by atoms with E-state index >= 15 is 0 Å². The molecule has 0 bridgehead atoms. The Morgan fingerprint density at radius 2 is 1.86 bits per heavy atom. The van der Waals surface area contributed by atoms with Crippen molar-refractivity contribution in [2.75, 3.05) is 0 Å². The molecule has 0 aliphatic rings. The maximum Gasteiger partial charge on any atom is 0.260 e. The van der Waals surface area contributed by atoms with Crippen LogP contribution in [0.15, 0.2) is 58.6 Å². The Bertz CT molecular complexity index is 931. The van der Waals surface area contributed by atoms with Gasteiger partial charge < -0.3 is 5.73 Å². The molecular formula is C14H10N2O3S2. The van der Waals surface area contributed by atoms with Crippen molar-refractivity contribution >= 4 is 37.2 Å². The highest BCUT2D eigenvalue weighted by Gasteiger charge is 2.28. The number of amides is 1. The first-order chi connectivity index (χ1) is 10.0. The number of rotatable bonds is 3. The molecule has 2 N–H and O–H groups in total. The Labute approximate surface area is 125 Å². The zero-order valence-electron chi connectivity index (χ0n) is 10.7. The SMILES string of the molecule is NC(=O)c1sc2cnccc2c1S(=O)(=O)c1ccccc1. The lowest BCUT2D eigenvalue weighted by atomic mass is 10.3. The summed E-state index contributed by atoms with van der Waals surface area (Å²) < 4.78 is 26.2. The molecule has 3 aromatic rings. The molecule has 1 aromatic carbocycles. The summed E-state index contributed by atoms with van der Waals surface area (Å²) >= 11 is 1.04. The number of fused-ring (bicyclic) bond motifs is 1. The van der Waals surface area contributed by atoms with E-state index < -0.39 is 15.7 Å². The molecule has 7 heteroatoms. The van der Waals surface area contributed by atoms with Gasteiger partial charge >= 0.3 is 0 Å². The Balaban J connectivity index is 2.39. The number of hydrogen-bond donors (Lipinski definition) is 1. The standard InChI is InChI=1S/C14H10N2O3S2/c15-14(17)12-13(10-6-7-16-8-11(10)20-12)21(18,19)9-4-2-1-3-5-9/h1-8H,(H2,15,17). The van der Waals surface area contributed by atoms with Gasteiger partial charge in [0.25, 0.3) is 5.91 Å². The first-order valence-corrected chi connectivity index (χ1v) is 8.28. The smallest absolute Gasteiger partial charge is 0.260 e. The van der Waals surface area contributed by atoms with Crippen molar-refractivity contribution in [3.8, 4) is 0 Å². The number of carbonyl (C=O) groups excluding carboxylic acids is 1. The van der Waals surface area contributed by atoms with Crippen LogP contribution in [0.3, 0.4) is 0 Å². The van der Waals surface area contributed by atoms with Gasteiger partial charge in [0.1, 0.15) is 9.77 Å². The van der Waals surface area contributed by atoms with Crippen molar-refractivity contribution in [2.24, 2.45) is 5.73 Å². The lowest BCUT2D eigenvalue weighted by Crippen LogP contribution is -2.14. The van der Waals surface area contributed by atoms with E-state index in [1.54, 1.807) is 24.3 Å². The molecule has 0 spiro atoms. The molecule has 21 heavy (non-hydrogen) atoms. The summed E-state index contributed by atoms with van der Waals surface area (Å²) in [6.45, 7) is 0. The third-order valence-electron chi connectivity index (χ3n) is 2.99. The Morgan fingerprint density at radius 1 is 1.14 bits per heavy atom. The van der Waals surface area contributed by atoms with Gasteiger partial charge in [-0.2, -0.15) is 0 Å². The van der Waals surface area contributed by atoms with E-state index in [0.29, 0.717) is 10.1 Å². The van der Waals surface area contributed by atoms with Crippen LogP contribution in [0.2, 0.25) is 0 Å². The summed E-state index contributed by atoms with van der Waals surface area (Å²) in [7, 11) is -3.82. The summed E-state index contributed by atoms with van der Waals surface area (Å²) in [5, 5.41) is 0.465. The molecule has 0 aliphatic heterocycles. The summed E-state index contributed by atoms with van der Waals surface area (Å²) in [4.78, 5) is 15.7. The van der Waals surface area contributed by atoms with Crippen LogP contribution in [0.5, 0.6) is 0 Å². The number of aromatic nitrogens is 1. The van der Waals surface area contributed by atoms with Gasteiger partial charge in [0.15, 0.2) is 0 Å². The zero-order chi connectivity index (χ0) is 15.0. The molecule has 2 heterocycles. The van der Waals surface area contributed by atoms with Crippen molar-refractivity contribution in [2.45, 2.75) is 9.79 Å². The van der Waals surface area contributed by atoms with Crippen LogP contribution in [0, 0.1) is 0 Å². The molecule has 5 nitrogen and oxygen atoms in total. The predicted molar refractivity (Wildman–Crippen MR) is 80.0 cm³/mol. The number of nitrogens with two attached hydrogens (primary N) is 1. The van der Waals surface area contributed by atoms with Crippen molar-refractivity contribution in [3.05, 3.63) is 53.7 Å². The maximum absolute atomic E-state index is 12.8. The fourth-order valence-corrected chi connectivity index (χ4v) is 5.07. The molecular weight excluding hydrogens is 308 g/mol. The minimum absolute atomic E-state index is 0.0295. The molecule has 2 aromatic heterocycles. The van der Waals surface area contributed by atoms with E-state index in [9.17, 15) is 13.2 Å². The van der Waals surface area contributed by atoms with Crippen LogP contribution in [-0.2, 0) is 9.84 Å². The quantitative estimate of drug-likeness (QED) is 0.802. The van der Waals surface area contributed by atoms with E-state index in [4.69, 9.17) is 5.73 Å². The fourth-order valence-electron chi connectivity index (χ4n) is 2.07. The average molecular weight is 318 g/mol. The van der Waals surface area contributed by atoms with Gasteiger partial charge in [-0.05, 0) is 18.2 Å². The number of primary amides is 1. The minimum atomic E-state index is -3.82. The topological polar surface area (TPSA) is 90.1 Å². The number of pyridine rings is 1. The third-order valence-corrected chi connectivity index (χ3v) is 6.13. The molecule has 0 saturated heterocycles. The molecule has 0 saturated carbocycles. The summed E-state index contributed by atoms with van der Waals surface area (Å²) in [5.74, 6) is -0.759. The highest BCUT2D eigenvalue weighted by molar-refractivity contribution is 7.92. The number of hydrogen-bond acceptors (Lipinski definition) is 5. The second-order valence-electron chi connectivity index (χ2n) is 4.31. The summed E-state index contributed by atoms with van der Waals surface area (Å²) in [6, 6.07) is 9.55. The Kier molecular flexibility index (Phi) is 3.23. The molecule has 106 valence electrons. The summed E-state index contributed by atoms with van der Waals surface area (Å²) in [5.41, 5.74) is 5.34. The van der Waals surface area contributed by atoms with Crippen LogP contribution in [-0.4, -0.2) is 19.3 Å². The van der Waals surface area contributed by atoms with Crippen molar-refractivity contribution in [3.63, 3.8) is 0 Å². The highest BCUT2D eigenvalue weighted by atomic mass is 32.2. The van der Waals surface area contributed by atoms with Gasteiger partial charge in [0.05, 0.1) is 9.60 Å². The lowest BCUT2D eigenvalue weighted by Gasteiger charge is -2.05. The van der Waals surface area contributed by atoms with Crippen LogP contribution in [0.1, 0.15) is 9.67 Å². The molecule has 0 fully saturated rings. The number of carbonyl (C=O) groups is 1. The van der Waals surface area contributed by atoms with Gasteiger partial charge in [-0.1, -0.05) is 18.2 Å². The van der Waals surface area contributed by atoms with E-state index in [2.05, 4.69) is 4.98 Å². The van der Waals surface area contributed by atoms with Gasteiger partial charge in [0, 0.05) is 17.8 Å². The van der Waals surface area contributed by atoms with E-state index in [1.165, 1.54) is 24.5 Å². The van der Waals surface area contributed by atoms with Crippen LogP contribution < -0.4 is 5.73 Å².